The Morgan fingerprint density at radius 3 is 2.46 bits per heavy atom. The monoisotopic (exact) mass is 488 g/mol. The van der Waals surface area contributed by atoms with Crippen LogP contribution in [0.3, 0.4) is 0 Å². The number of rotatable bonds is 5. The molecule has 5 nitrogen and oxygen atoms in total. The van der Waals surface area contributed by atoms with Crippen molar-refractivity contribution in [2.45, 2.75) is 65.8 Å². The highest BCUT2D eigenvalue weighted by atomic mass is 19.4. The predicted octanol–water partition coefficient (Wildman–Crippen LogP) is 7.01. The van der Waals surface area contributed by atoms with Gasteiger partial charge in [-0.25, -0.2) is 9.78 Å². The highest BCUT2D eigenvalue weighted by molar-refractivity contribution is 5.95. The second kappa shape index (κ2) is 9.21. The first-order valence-corrected chi connectivity index (χ1v) is 11.8. The minimum atomic E-state index is -4.73. The topological polar surface area (TPSA) is 53.4 Å². The summed E-state index contributed by atoms with van der Waals surface area (Å²) in [6.07, 6.45) is -1.13. The lowest BCUT2D eigenvalue weighted by molar-refractivity contribution is -0.274. The molecule has 0 radical (unpaired) electrons. The molecular formula is C27H31F3N2O3. The van der Waals surface area contributed by atoms with E-state index in [9.17, 15) is 18.0 Å². The van der Waals surface area contributed by atoms with E-state index in [1.165, 1.54) is 19.2 Å². The van der Waals surface area contributed by atoms with Crippen molar-refractivity contribution in [3.05, 3.63) is 58.9 Å². The normalized spacial score (nSPS) is 20.1. The average Bonchev–Trinajstić information content (AvgIpc) is 3.08. The Bertz CT molecular complexity index is 1230. The van der Waals surface area contributed by atoms with Gasteiger partial charge in [-0.15, -0.1) is 13.2 Å². The molecule has 1 aliphatic rings. The van der Waals surface area contributed by atoms with E-state index in [0.29, 0.717) is 23.4 Å². The number of esters is 1. The van der Waals surface area contributed by atoms with E-state index in [2.05, 4.69) is 30.1 Å². The molecular weight excluding hydrogens is 457 g/mol. The van der Waals surface area contributed by atoms with Crippen molar-refractivity contribution < 1.29 is 27.4 Å². The first-order chi connectivity index (χ1) is 16.3. The van der Waals surface area contributed by atoms with Gasteiger partial charge in [-0.05, 0) is 72.9 Å². The van der Waals surface area contributed by atoms with Crippen LogP contribution in [-0.2, 0) is 11.2 Å². The Labute approximate surface area is 203 Å². The standard InChI is InChI=1S/C27H31F3N2O3/c1-16-10-19(15-26(3,4)14-16)32-23-11-17(2)21(25(33)34-5)13-22(23)31-24(32)12-18-6-8-20(9-7-18)35-27(28,29)30/h6-9,11,13,16,19H,10,12,14-15H2,1-5H3/t16-,19?/m0/s1. The molecule has 1 fully saturated rings. The zero-order valence-corrected chi connectivity index (χ0v) is 20.7. The second-order valence-corrected chi connectivity index (χ2v) is 10.5. The van der Waals surface area contributed by atoms with E-state index in [1.54, 1.807) is 18.2 Å². The van der Waals surface area contributed by atoms with Crippen LogP contribution in [0.15, 0.2) is 36.4 Å². The van der Waals surface area contributed by atoms with Gasteiger partial charge in [0.05, 0.1) is 23.7 Å². The molecule has 0 spiro atoms. The van der Waals surface area contributed by atoms with Gasteiger partial charge < -0.3 is 14.0 Å². The van der Waals surface area contributed by atoms with Gasteiger partial charge in [0, 0.05) is 12.5 Å². The summed E-state index contributed by atoms with van der Waals surface area (Å²) in [7, 11) is 1.35. The van der Waals surface area contributed by atoms with Crippen molar-refractivity contribution in [1.29, 1.82) is 0 Å². The van der Waals surface area contributed by atoms with Crippen molar-refractivity contribution in [1.82, 2.24) is 9.55 Å². The van der Waals surface area contributed by atoms with Crippen molar-refractivity contribution in [2.24, 2.45) is 11.3 Å². The number of carbonyl (C=O) groups excluding carboxylic acids is 1. The summed E-state index contributed by atoms with van der Waals surface area (Å²) in [5.74, 6) is 0.702. The SMILES string of the molecule is COC(=O)c1cc2nc(Cc3ccc(OC(F)(F)F)cc3)n(C3C[C@H](C)CC(C)(C)C3)c2cc1C. The maximum absolute atomic E-state index is 12.5. The third-order valence-corrected chi connectivity index (χ3v) is 6.76. The Kier molecular flexibility index (Phi) is 6.60. The minimum Gasteiger partial charge on any atom is -0.465 e. The molecule has 1 saturated carbocycles. The van der Waals surface area contributed by atoms with Gasteiger partial charge in [0.25, 0.3) is 0 Å². The Hall–Kier alpha value is -3.03. The third-order valence-electron chi connectivity index (χ3n) is 6.76. The maximum atomic E-state index is 12.5. The number of halogens is 3. The average molecular weight is 489 g/mol. The fourth-order valence-electron chi connectivity index (χ4n) is 5.64. The molecule has 0 amide bonds. The number of imidazole rings is 1. The summed E-state index contributed by atoms with van der Waals surface area (Å²) < 4.78 is 48.8. The molecule has 0 saturated heterocycles. The van der Waals surface area contributed by atoms with E-state index in [0.717, 1.165) is 41.7 Å². The summed E-state index contributed by atoms with van der Waals surface area (Å²) >= 11 is 0. The predicted molar refractivity (Wildman–Crippen MR) is 128 cm³/mol. The smallest absolute Gasteiger partial charge is 0.465 e. The van der Waals surface area contributed by atoms with E-state index < -0.39 is 12.3 Å². The number of alkyl halides is 3. The van der Waals surface area contributed by atoms with E-state index in [1.807, 2.05) is 13.0 Å². The minimum absolute atomic E-state index is 0.174. The Morgan fingerprint density at radius 2 is 1.86 bits per heavy atom. The van der Waals surface area contributed by atoms with Crippen molar-refractivity contribution in [3.63, 3.8) is 0 Å². The number of nitrogens with zero attached hydrogens (tertiary/aromatic N) is 2. The molecule has 0 aliphatic heterocycles. The molecule has 2 aromatic carbocycles. The third kappa shape index (κ3) is 5.63. The fourth-order valence-corrected chi connectivity index (χ4v) is 5.64. The largest absolute Gasteiger partial charge is 0.573 e. The maximum Gasteiger partial charge on any atom is 0.573 e. The molecule has 1 aliphatic carbocycles. The number of aryl methyl sites for hydroxylation is 1. The van der Waals surface area contributed by atoms with Crippen LogP contribution in [0.5, 0.6) is 5.75 Å². The lowest BCUT2D eigenvalue weighted by Crippen LogP contribution is -2.30. The van der Waals surface area contributed by atoms with Gasteiger partial charge in [-0.2, -0.15) is 0 Å². The molecule has 0 N–H and O–H groups in total. The summed E-state index contributed by atoms with van der Waals surface area (Å²) in [4.78, 5) is 17.2. The van der Waals surface area contributed by atoms with Gasteiger partial charge in [0.1, 0.15) is 11.6 Å². The first kappa shape index (κ1) is 25.1. The highest BCUT2D eigenvalue weighted by Gasteiger charge is 2.35. The zero-order valence-electron chi connectivity index (χ0n) is 20.7. The van der Waals surface area contributed by atoms with Gasteiger partial charge in [-0.3, -0.25) is 0 Å². The molecule has 1 aromatic heterocycles. The van der Waals surface area contributed by atoms with Crippen LogP contribution < -0.4 is 4.74 Å². The van der Waals surface area contributed by atoms with Gasteiger partial charge in [0.15, 0.2) is 0 Å². The van der Waals surface area contributed by atoms with Crippen LogP contribution in [0, 0.1) is 18.3 Å². The lowest BCUT2D eigenvalue weighted by atomic mass is 9.70. The van der Waals surface area contributed by atoms with Crippen LogP contribution in [-0.4, -0.2) is 29.0 Å². The molecule has 188 valence electrons. The van der Waals surface area contributed by atoms with Crippen molar-refractivity contribution >= 4 is 17.0 Å². The molecule has 0 bridgehead atoms. The summed E-state index contributed by atoms with van der Waals surface area (Å²) in [6.45, 7) is 8.73. The molecule has 2 atom stereocenters. The molecule has 1 unspecified atom stereocenters. The molecule has 1 heterocycles. The lowest BCUT2D eigenvalue weighted by Gasteiger charge is -2.40. The number of aromatic nitrogens is 2. The number of carbonyl (C=O) groups is 1. The van der Waals surface area contributed by atoms with Crippen LogP contribution in [0.4, 0.5) is 13.2 Å². The van der Waals surface area contributed by atoms with Crippen molar-refractivity contribution in [2.75, 3.05) is 7.11 Å². The van der Waals surface area contributed by atoms with Crippen LogP contribution in [0.2, 0.25) is 0 Å². The van der Waals surface area contributed by atoms with Crippen LogP contribution >= 0.6 is 0 Å². The number of benzene rings is 2. The van der Waals surface area contributed by atoms with Crippen LogP contribution in [0.25, 0.3) is 11.0 Å². The number of fused-ring (bicyclic) bond motifs is 1. The number of ether oxygens (including phenoxy) is 2. The van der Waals surface area contributed by atoms with Crippen molar-refractivity contribution in [3.8, 4) is 5.75 Å². The number of hydrogen-bond acceptors (Lipinski definition) is 4. The van der Waals surface area contributed by atoms with E-state index in [4.69, 9.17) is 9.72 Å². The molecule has 3 aromatic rings. The Balaban J connectivity index is 1.77. The van der Waals surface area contributed by atoms with Gasteiger partial charge in [-0.1, -0.05) is 32.9 Å². The van der Waals surface area contributed by atoms with Gasteiger partial charge >= 0.3 is 12.3 Å². The van der Waals surface area contributed by atoms with Crippen LogP contribution in [0.1, 0.15) is 73.4 Å². The Morgan fingerprint density at radius 1 is 1.17 bits per heavy atom. The van der Waals surface area contributed by atoms with E-state index >= 15 is 0 Å². The fraction of sp³-hybridized carbons (Fsp3) is 0.481. The number of methoxy groups -OCH3 is 1. The van der Waals surface area contributed by atoms with Gasteiger partial charge in [0.2, 0.25) is 0 Å². The summed E-state index contributed by atoms with van der Waals surface area (Å²) in [6, 6.07) is 9.89. The first-order valence-electron chi connectivity index (χ1n) is 11.8. The quantitative estimate of drug-likeness (QED) is 0.363. The molecule has 35 heavy (non-hydrogen) atoms. The van der Waals surface area contributed by atoms with E-state index in [-0.39, 0.29) is 17.2 Å². The second-order valence-electron chi connectivity index (χ2n) is 10.5. The summed E-state index contributed by atoms with van der Waals surface area (Å²) in [5.41, 5.74) is 3.95. The molecule has 4 rings (SSSR count). The highest BCUT2D eigenvalue weighted by Crippen LogP contribution is 2.45. The number of hydrogen-bond donors (Lipinski definition) is 0. The molecule has 8 heteroatoms. The zero-order chi connectivity index (χ0) is 25.5. The summed E-state index contributed by atoms with van der Waals surface area (Å²) in [5, 5.41) is 0.